The molecular weight excluding hydrogens is 424 g/mol. The number of anilines is 2. The molecular formula is C25H24N2O4S. The van der Waals surface area contributed by atoms with Crippen LogP contribution in [0.25, 0.3) is 0 Å². The van der Waals surface area contributed by atoms with Crippen LogP contribution < -0.4 is 10.6 Å². The number of carbonyl (C=O) groups excluding carboxylic acids is 2. The molecule has 0 aromatic heterocycles. The molecule has 0 aliphatic carbocycles. The van der Waals surface area contributed by atoms with Crippen molar-refractivity contribution in [3.8, 4) is 0 Å². The Morgan fingerprint density at radius 3 is 2.12 bits per heavy atom. The highest BCUT2D eigenvalue weighted by molar-refractivity contribution is 8.00. The van der Waals surface area contributed by atoms with Gasteiger partial charge < -0.3 is 15.7 Å². The molecule has 0 spiro atoms. The molecule has 0 saturated heterocycles. The Hall–Kier alpha value is -3.58. The van der Waals surface area contributed by atoms with E-state index in [9.17, 15) is 19.5 Å². The van der Waals surface area contributed by atoms with E-state index in [2.05, 4.69) is 10.6 Å². The Bertz CT molecular complexity index is 1160. The first-order valence-corrected chi connectivity index (χ1v) is 10.9. The number of benzene rings is 3. The molecule has 6 nitrogen and oxygen atoms in total. The third-order valence-electron chi connectivity index (χ3n) is 4.91. The van der Waals surface area contributed by atoms with Crippen molar-refractivity contribution < 1.29 is 19.5 Å². The molecule has 0 saturated carbocycles. The number of carbonyl (C=O) groups is 3. The van der Waals surface area contributed by atoms with Crippen molar-refractivity contribution in [1.82, 2.24) is 0 Å². The first-order valence-electron chi connectivity index (χ1n) is 10.0. The average molecular weight is 449 g/mol. The van der Waals surface area contributed by atoms with E-state index in [1.165, 1.54) is 23.9 Å². The second kappa shape index (κ2) is 10.2. The van der Waals surface area contributed by atoms with Gasteiger partial charge in [-0.2, -0.15) is 0 Å². The van der Waals surface area contributed by atoms with Crippen molar-refractivity contribution in [3.63, 3.8) is 0 Å². The second-order valence-corrected chi connectivity index (χ2v) is 8.76. The number of aryl methyl sites for hydroxylation is 2. The summed E-state index contributed by atoms with van der Waals surface area (Å²) < 4.78 is 0. The normalized spacial score (nSPS) is 11.5. The van der Waals surface area contributed by atoms with Gasteiger partial charge in [-0.25, -0.2) is 4.79 Å². The van der Waals surface area contributed by atoms with Crippen molar-refractivity contribution in [2.45, 2.75) is 30.9 Å². The summed E-state index contributed by atoms with van der Waals surface area (Å²) in [6.07, 6.45) is 0. The van der Waals surface area contributed by atoms with Gasteiger partial charge in [-0.05, 0) is 62.2 Å². The van der Waals surface area contributed by atoms with E-state index in [-0.39, 0.29) is 22.3 Å². The first-order chi connectivity index (χ1) is 15.3. The number of carboxylic acids is 1. The summed E-state index contributed by atoms with van der Waals surface area (Å²) in [5.74, 6) is -1.79. The van der Waals surface area contributed by atoms with Crippen LogP contribution >= 0.6 is 11.8 Å². The van der Waals surface area contributed by atoms with Gasteiger partial charge in [0.2, 0.25) is 5.91 Å². The van der Waals surface area contributed by atoms with Gasteiger partial charge >= 0.3 is 5.97 Å². The molecule has 3 rings (SSSR count). The number of hydrogen-bond acceptors (Lipinski definition) is 4. The van der Waals surface area contributed by atoms with Crippen LogP contribution in [-0.4, -0.2) is 28.1 Å². The third kappa shape index (κ3) is 5.56. The van der Waals surface area contributed by atoms with Gasteiger partial charge in [0.15, 0.2) is 0 Å². The van der Waals surface area contributed by atoms with Crippen molar-refractivity contribution in [3.05, 3.63) is 89.0 Å². The Labute approximate surface area is 191 Å². The van der Waals surface area contributed by atoms with Crippen LogP contribution in [0.2, 0.25) is 0 Å². The topological polar surface area (TPSA) is 95.5 Å². The standard InChI is InChI=1S/C25H24N2O4S/c1-15-8-6-9-16(2)22(15)27-23(28)17(3)32-19-11-7-10-18(14-19)26-24(29)20-12-4-5-13-21(20)25(30)31/h4-14,17H,1-3H3,(H,26,29)(H,27,28)(H,30,31). The molecule has 1 unspecified atom stereocenters. The fourth-order valence-corrected chi connectivity index (χ4v) is 4.13. The minimum Gasteiger partial charge on any atom is -0.478 e. The van der Waals surface area contributed by atoms with Crippen molar-refractivity contribution >= 4 is 40.9 Å². The molecule has 3 N–H and O–H groups in total. The number of thioether (sulfide) groups is 1. The molecule has 0 aliphatic heterocycles. The highest BCUT2D eigenvalue weighted by atomic mass is 32.2. The second-order valence-electron chi connectivity index (χ2n) is 7.35. The number of hydrogen-bond donors (Lipinski definition) is 3. The first kappa shape index (κ1) is 23.1. The van der Waals surface area contributed by atoms with Gasteiger partial charge in [0.05, 0.1) is 16.4 Å². The molecule has 2 amide bonds. The molecule has 0 heterocycles. The summed E-state index contributed by atoms with van der Waals surface area (Å²) in [5, 5.41) is 14.7. The summed E-state index contributed by atoms with van der Waals surface area (Å²) >= 11 is 1.37. The zero-order valence-electron chi connectivity index (χ0n) is 18.0. The monoisotopic (exact) mass is 448 g/mol. The highest BCUT2D eigenvalue weighted by Gasteiger charge is 2.18. The van der Waals surface area contributed by atoms with Crippen LogP contribution in [-0.2, 0) is 4.79 Å². The van der Waals surface area contributed by atoms with Crippen molar-refractivity contribution in [2.75, 3.05) is 10.6 Å². The Balaban J connectivity index is 1.69. The molecule has 0 fully saturated rings. The fourth-order valence-electron chi connectivity index (χ4n) is 3.21. The van der Waals surface area contributed by atoms with E-state index < -0.39 is 11.9 Å². The smallest absolute Gasteiger partial charge is 0.336 e. The maximum Gasteiger partial charge on any atom is 0.336 e. The fraction of sp³-hybridized carbons (Fsp3) is 0.160. The number of amides is 2. The van der Waals surface area contributed by atoms with Gasteiger partial charge in [0.25, 0.3) is 5.91 Å². The molecule has 0 bridgehead atoms. The van der Waals surface area contributed by atoms with E-state index in [1.54, 1.807) is 30.3 Å². The van der Waals surface area contributed by atoms with E-state index in [0.29, 0.717) is 5.69 Å². The predicted molar refractivity (Wildman–Crippen MR) is 128 cm³/mol. The Morgan fingerprint density at radius 2 is 1.47 bits per heavy atom. The molecule has 7 heteroatoms. The quantitative estimate of drug-likeness (QED) is 0.422. The molecule has 164 valence electrons. The van der Waals surface area contributed by atoms with Crippen LogP contribution in [0.3, 0.4) is 0 Å². The SMILES string of the molecule is Cc1cccc(C)c1NC(=O)C(C)Sc1cccc(NC(=O)c2ccccc2C(=O)O)c1. The summed E-state index contributed by atoms with van der Waals surface area (Å²) in [6, 6.07) is 19.0. The molecule has 0 radical (unpaired) electrons. The number of para-hydroxylation sites is 1. The lowest BCUT2D eigenvalue weighted by Crippen LogP contribution is -2.23. The van der Waals surface area contributed by atoms with Gasteiger partial charge in [-0.1, -0.05) is 36.4 Å². The maximum atomic E-state index is 12.7. The van der Waals surface area contributed by atoms with Crippen molar-refractivity contribution in [2.24, 2.45) is 0 Å². The van der Waals surface area contributed by atoms with Crippen LogP contribution in [0.5, 0.6) is 0 Å². The highest BCUT2D eigenvalue weighted by Crippen LogP contribution is 2.28. The van der Waals surface area contributed by atoms with E-state index in [0.717, 1.165) is 21.7 Å². The van der Waals surface area contributed by atoms with Crippen LogP contribution in [0, 0.1) is 13.8 Å². The minimum atomic E-state index is -1.16. The Morgan fingerprint density at radius 1 is 0.844 bits per heavy atom. The van der Waals surface area contributed by atoms with Gasteiger partial charge in [-0.15, -0.1) is 11.8 Å². The van der Waals surface area contributed by atoms with Crippen LogP contribution in [0.4, 0.5) is 11.4 Å². The van der Waals surface area contributed by atoms with E-state index in [1.807, 2.05) is 45.0 Å². The van der Waals surface area contributed by atoms with Gasteiger partial charge in [0.1, 0.15) is 0 Å². The average Bonchev–Trinajstić information content (AvgIpc) is 2.76. The Kier molecular flexibility index (Phi) is 7.33. The van der Waals surface area contributed by atoms with Crippen LogP contribution in [0.15, 0.2) is 71.6 Å². The minimum absolute atomic E-state index is 0.0627. The number of aromatic carboxylic acids is 1. The number of rotatable bonds is 7. The van der Waals surface area contributed by atoms with Gasteiger partial charge in [-0.3, -0.25) is 9.59 Å². The van der Waals surface area contributed by atoms with E-state index >= 15 is 0 Å². The summed E-state index contributed by atoms with van der Waals surface area (Å²) in [4.78, 5) is 37.5. The van der Waals surface area contributed by atoms with E-state index in [4.69, 9.17) is 0 Å². The zero-order chi connectivity index (χ0) is 23.3. The maximum absolute atomic E-state index is 12.7. The third-order valence-corrected chi connectivity index (χ3v) is 6.00. The zero-order valence-corrected chi connectivity index (χ0v) is 18.8. The molecule has 1 atom stereocenters. The predicted octanol–water partition coefficient (Wildman–Crippen LogP) is 5.37. The van der Waals surface area contributed by atoms with Crippen LogP contribution in [0.1, 0.15) is 38.8 Å². The lowest BCUT2D eigenvalue weighted by Gasteiger charge is -2.16. The number of nitrogens with one attached hydrogen (secondary N) is 2. The largest absolute Gasteiger partial charge is 0.478 e. The lowest BCUT2D eigenvalue weighted by atomic mass is 10.1. The molecule has 32 heavy (non-hydrogen) atoms. The summed E-state index contributed by atoms with van der Waals surface area (Å²) in [6.45, 7) is 5.73. The molecule has 3 aromatic rings. The molecule has 3 aromatic carbocycles. The lowest BCUT2D eigenvalue weighted by molar-refractivity contribution is -0.115. The van der Waals surface area contributed by atoms with Gasteiger partial charge in [0, 0.05) is 16.3 Å². The molecule has 0 aliphatic rings. The van der Waals surface area contributed by atoms with Crippen molar-refractivity contribution in [1.29, 1.82) is 0 Å². The summed E-state index contributed by atoms with van der Waals surface area (Å²) in [7, 11) is 0. The summed E-state index contributed by atoms with van der Waals surface area (Å²) in [5.41, 5.74) is 3.36. The number of carboxylic acid groups (broad SMARTS) is 1.